The fourth-order valence-electron chi connectivity index (χ4n) is 1.65. The predicted molar refractivity (Wildman–Crippen MR) is 57.8 cm³/mol. The lowest BCUT2D eigenvalue weighted by Gasteiger charge is -2.30. The van der Waals surface area contributed by atoms with Crippen LogP contribution in [0.25, 0.3) is 0 Å². The van der Waals surface area contributed by atoms with E-state index in [2.05, 4.69) is 0 Å². The molecular weight excluding hydrogens is 249 g/mol. The number of carbonyl (C=O) groups is 1. The van der Waals surface area contributed by atoms with Crippen LogP contribution in [0.5, 0.6) is 0 Å². The Morgan fingerprint density at radius 2 is 1.67 bits per heavy atom. The van der Waals surface area contributed by atoms with Crippen LogP contribution < -0.4 is 0 Å². The molecule has 0 radical (unpaired) electrons. The molecule has 0 aromatic heterocycles. The van der Waals surface area contributed by atoms with E-state index in [1.807, 2.05) is 0 Å². The molecule has 0 saturated heterocycles. The first-order valence-electron chi connectivity index (χ1n) is 5.20. The molecule has 2 N–H and O–H groups in total. The maximum absolute atomic E-state index is 12.8. The van der Waals surface area contributed by atoms with Crippen molar-refractivity contribution in [1.82, 2.24) is 0 Å². The first kappa shape index (κ1) is 14.5. The molecule has 1 aromatic rings. The minimum Gasteiger partial charge on any atom is -0.481 e. The summed E-state index contributed by atoms with van der Waals surface area (Å²) in [5.74, 6) is -2.72. The lowest BCUT2D eigenvalue weighted by Crippen LogP contribution is -2.37. The molecule has 0 aliphatic carbocycles. The summed E-state index contributed by atoms with van der Waals surface area (Å²) in [6.07, 6.45) is -4.64. The number of aliphatic carboxylic acids is 1. The van der Waals surface area contributed by atoms with Gasteiger partial charge in [-0.1, -0.05) is 18.2 Å². The zero-order chi connectivity index (χ0) is 14.1. The summed E-state index contributed by atoms with van der Waals surface area (Å²) in [6.45, 7) is 2.23. The van der Waals surface area contributed by atoms with Gasteiger partial charge in [-0.05, 0) is 25.5 Å². The molecule has 6 heteroatoms. The number of halogens is 3. The molecule has 0 spiro atoms. The van der Waals surface area contributed by atoms with Gasteiger partial charge in [0.05, 0.1) is 11.5 Å². The quantitative estimate of drug-likeness (QED) is 0.880. The zero-order valence-electron chi connectivity index (χ0n) is 9.82. The van der Waals surface area contributed by atoms with Gasteiger partial charge < -0.3 is 10.2 Å². The lowest BCUT2D eigenvalue weighted by molar-refractivity contribution is -0.154. The second kappa shape index (κ2) is 4.61. The van der Waals surface area contributed by atoms with Crippen LogP contribution in [0.1, 0.15) is 25.0 Å². The molecule has 100 valence electrons. The van der Waals surface area contributed by atoms with Crippen LogP contribution in [0.4, 0.5) is 13.2 Å². The van der Waals surface area contributed by atoms with Crippen molar-refractivity contribution in [1.29, 1.82) is 0 Å². The van der Waals surface area contributed by atoms with Gasteiger partial charge in [-0.15, -0.1) is 0 Å². The number of aliphatic hydroxyl groups is 1. The highest BCUT2D eigenvalue weighted by molar-refractivity contribution is 5.71. The van der Waals surface area contributed by atoms with Crippen molar-refractivity contribution in [3.05, 3.63) is 35.4 Å². The number of hydrogen-bond acceptors (Lipinski definition) is 2. The summed E-state index contributed by atoms with van der Waals surface area (Å²) in [7, 11) is 0. The minimum atomic E-state index is -4.64. The van der Waals surface area contributed by atoms with Crippen molar-refractivity contribution in [3.8, 4) is 0 Å². The maximum Gasteiger partial charge on any atom is 0.416 e. The highest BCUT2D eigenvalue weighted by Crippen LogP contribution is 2.39. The molecule has 0 saturated carbocycles. The smallest absolute Gasteiger partial charge is 0.416 e. The summed E-state index contributed by atoms with van der Waals surface area (Å²) in [5, 5.41) is 18.9. The van der Waals surface area contributed by atoms with Crippen LogP contribution >= 0.6 is 0 Å². The van der Waals surface area contributed by atoms with Crippen LogP contribution in [0, 0.1) is 5.92 Å². The number of alkyl halides is 3. The van der Waals surface area contributed by atoms with Crippen LogP contribution in [0.3, 0.4) is 0 Å². The van der Waals surface area contributed by atoms with Gasteiger partial charge in [0.25, 0.3) is 0 Å². The lowest BCUT2D eigenvalue weighted by atomic mass is 9.81. The van der Waals surface area contributed by atoms with Crippen molar-refractivity contribution in [3.63, 3.8) is 0 Å². The van der Waals surface area contributed by atoms with Crippen LogP contribution in [-0.2, 0) is 16.6 Å². The molecule has 2 unspecified atom stereocenters. The van der Waals surface area contributed by atoms with Crippen molar-refractivity contribution >= 4 is 5.97 Å². The molecule has 0 aliphatic heterocycles. The average molecular weight is 262 g/mol. The Bertz CT molecular complexity index is 452. The third-order valence-electron chi connectivity index (χ3n) is 2.99. The Balaban J connectivity index is 3.37. The molecule has 0 amide bonds. The predicted octanol–water partition coefficient (Wildman–Crippen LogP) is 2.63. The second-order valence-corrected chi connectivity index (χ2v) is 4.25. The van der Waals surface area contributed by atoms with Gasteiger partial charge in [-0.3, -0.25) is 4.79 Å². The fourth-order valence-corrected chi connectivity index (χ4v) is 1.65. The van der Waals surface area contributed by atoms with E-state index in [1.165, 1.54) is 12.1 Å². The third-order valence-corrected chi connectivity index (χ3v) is 2.99. The van der Waals surface area contributed by atoms with Gasteiger partial charge in [0, 0.05) is 0 Å². The molecule has 1 rings (SSSR count). The molecule has 1 aromatic carbocycles. The van der Waals surface area contributed by atoms with Gasteiger partial charge in [-0.25, -0.2) is 0 Å². The SMILES string of the molecule is CC(C(=O)O)C(C)(O)c1ccccc1C(F)(F)F. The Kier molecular flexibility index (Phi) is 3.71. The summed E-state index contributed by atoms with van der Waals surface area (Å²) in [5.41, 5.74) is -3.56. The fraction of sp³-hybridized carbons (Fsp3) is 0.417. The monoisotopic (exact) mass is 262 g/mol. The van der Waals surface area contributed by atoms with Crippen molar-refractivity contribution in [2.75, 3.05) is 0 Å². The molecular formula is C12H13F3O3. The topological polar surface area (TPSA) is 57.5 Å². The van der Waals surface area contributed by atoms with Crippen LogP contribution in [0.2, 0.25) is 0 Å². The van der Waals surface area contributed by atoms with E-state index in [1.54, 1.807) is 0 Å². The van der Waals surface area contributed by atoms with Crippen molar-refractivity contribution in [2.45, 2.75) is 25.6 Å². The zero-order valence-corrected chi connectivity index (χ0v) is 9.82. The molecule has 0 fully saturated rings. The van der Waals surface area contributed by atoms with E-state index in [9.17, 15) is 23.1 Å². The van der Waals surface area contributed by atoms with Crippen LogP contribution in [-0.4, -0.2) is 16.2 Å². The molecule has 0 heterocycles. The van der Waals surface area contributed by atoms with E-state index in [-0.39, 0.29) is 0 Å². The molecule has 18 heavy (non-hydrogen) atoms. The number of carboxylic acids is 1. The van der Waals surface area contributed by atoms with Gasteiger partial charge in [0.2, 0.25) is 0 Å². The average Bonchev–Trinajstić information content (AvgIpc) is 2.26. The van der Waals surface area contributed by atoms with E-state index >= 15 is 0 Å². The number of benzene rings is 1. The number of rotatable bonds is 3. The third kappa shape index (κ3) is 2.64. The van der Waals surface area contributed by atoms with Gasteiger partial charge in [0.1, 0.15) is 5.60 Å². The summed E-state index contributed by atoms with van der Waals surface area (Å²) >= 11 is 0. The number of hydrogen-bond donors (Lipinski definition) is 2. The Morgan fingerprint density at radius 3 is 2.06 bits per heavy atom. The van der Waals surface area contributed by atoms with Crippen LogP contribution in [0.15, 0.2) is 24.3 Å². The van der Waals surface area contributed by atoms with E-state index < -0.39 is 34.8 Å². The maximum atomic E-state index is 12.8. The Labute approximate surface area is 102 Å². The first-order valence-corrected chi connectivity index (χ1v) is 5.20. The number of carboxylic acid groups (broad SMARTS) is 1. The van der Waals surface area contributed by atoms with Crippen molar-refractivity contribution < 1.29 is 28.2 Å². The molecule has 3 nitrogen and oxygen atoms in total. The van der Waals surface area contributed by atoms with E-state index in [0.29, 0.717) is 0 Å². The van der Waals surface area contributed by atoms with E-state index in [0.717, 1.165) is 26.0 Å². The molecule has 2 atom stereocenters. The largest absolute Gasteiger partial charge is 0.481 e. The van der Waals surface area contributed by atoms with Crippen molar-refractivity contribution in [2.24, 2.45) is 5.92 Å². The summed E-state index contributed by atoms with van der Waals surface area (Å²) in [6, 6.07) is 4.42. The standard InChI is InChI=1S/C12H13F3O3/c1-7(10(16)17)11(2,18)8-5-3-4-6-9(8)12(13,14)15/h3-7,18H,1-2H3,(H,16,17). The summed E-state index contributed by atoms with van der Waals surface area (Å²) < 4.78 is 38.4. The van der Waals surface area contributed by atoms with E-state index in [4.69, 9.17) is 5.11 Å². The highest BCUT2D eigenvalue weighted by atomic mass is 19.4. The Hall–Kier alpha value is -1.56. The van der Waals surface area contributed by atoms with Gasteiger partial charge in [-0.2, -0.15) is 13.2 Å². The molecule has 0 bridgehead atoms. The first-order chi connectivity index (χ1) is 8.08. The Morgan fingerprint density at radius 1 is 1.22 bits per heavy atom. The second-order valence-electron chi connectivity index (χ2n) is 4.25. The van der Waals surface area contributed by atoms with Gasteiger partial charge in [0.15, 0.2) is 0 Å². The molecule has 0 aliphatic rings. The minimum absolute atomic E-state index is 0.438. The highest BCUT2D eigenvalue weighted by Gasteiger charge is 2.42. The normalized spacial score (nSPS) is 17.0. The van der Waals surface area contributed by atoms with Gasteiger partial charge >= 0.3 is 12.1 Å². The summed E-state index contributed by atoms with van der Waals surface area (Å²) in [4.78, 5) is 10.8.